The SMILES string of the molecule is COc1ccc(CN(C)CCCNC(C)C)cc1. The van der Waals surface area contributed by atoms with Crippen molar-refractivity contribution < 1.29 is 4.74 Å². The van der Waals surface area contributed by atoms with Crippen molar-refractivity contribution in [3.05, 3.63) is 29.8 Å². The molecule has 0 saturated carbocycles. The first kappa shape index (κ1) is 15.0. The van der Waals surface area contributed by atoms with Crippen molar-refractivity contribution in [2.45, 2.75) is 32.9 Å². The molecule has 0 aromatic heterocycles. The van der Waals surface area contributed by atoms with E-state index >= 15 is 0 Å². The van der Waals surface area contributed by atoms with Crippen molar-refractivity contribution in [1.29, 1.82) is 0 Å². The first-order valence-electron chi connectivity index (χ1n) is 6.66. The lowest BCUT2D eigenvalue weighted by Gasteiger charge is -2.17. The van der Waals surface area contributed by atoms with Crippen molar-refractivity contribution in [2.75, 3.05) is 27.2 Å². The van der Waals surface area contributed by atoms with Crippen molar-refractivity contribution >= 4 is 0 Å². The smallest absolute Gasteiger partial charge is 0.118 e. The van der Waals surface area contributed by atoms with Crippen LogP contribution in [0.3, 0.4) is 0 Å². The van der Waals surface area contributed by atoms with E-state index in [0.29, 0.717) is 6.04 Å². The number of hydrogen-bond donors (Lipinski definition) is 1. The molecule has 1 aromatic carbocycles. The standard InChI is InChI=1S/C15H26N2O/c1-13(2)16-10-5-11-17(3)12-14-6-8-15(18-4)9-7-14/h6-9,13,16H,5,10-12H2,1-4H3. The third kappa shape index (κ3) is 6.03. The van der Waals surface area contributed by atoms with Gasteiger partial charge in [0.05, 0.1) is 7.11 Å². The highest BCUT2D eigenvalue weighted by atomic mass is 16.5. The van der Waals surface area contributed by atoms with Crippen LogP contribution < -0.4 is 10.1 Å². The molecule has 0 atom stereocenters. The van der Waals surface area contributed by atoms with Crippen molar-refractivity contribution in [3.63, 3.8) is 0 Å². The second-order valence-electron chi connectivity index (χ2n) is 5.05. The van der Waals surface area contributed by atoms with Crippen LogP contribution in [0.5, 0.6) is 5.75 Å². The Morgan fingerprint density at radius 1 is 1.22 bits per heavy atom. The van der Waals surface area contributed by atoms with Crippen LogP contribution in [-0.2, 0) is 6.54 Å². The molecule has 0 amide bonds. The molecule has 1 aromatic rings. The molecule has 0 saturated heterocycles. The number of rotatable bonds is 8. The molecule has 0 bridgehead atoms. The molecule has 0 heterocycles. The molecule has 3 heteroatoms. The normalized spacial score (nSPS) is 11.2. The van der Waals surface area contributed by atoms with Crippen LogP contribution in [0.15, 0.2) is 24.3 Å². The molecule has 18 heavy (non-hydrogen) atoms. The minimum atomic E-state index is 0.580. The molecular weight excluding hydrogens is 224 g/mol. The number of hydrogen-bond acceptors (Lipinski definition) is 3. The Kier molecular flexibility index (Phi) is 6.76. The Balaban J connectivity index is 2.24. The second kappa shape index (κ2) is 8.11. The van der Waals surface area contributed by atoms with E-state index in [9.17, 15) is 0 Å². The summed E-state index contributed by atoms with van der Waals surface area (Å²) in [4.78, 5) is 2.35. The maximum Gasteiger partial charge on any atom is 0.118 e. The Labute approximate surface area is 111 Å². The van der Waals surface area contributed by atoms with Crippen LogP contribution in [0.1, 0.15) is 25.8 Å². The predicted molar refractivity (Wildman–Crippen MR) is 77.1 cm³/mol. The fourth-order valence-electron chi connectivity index (χ4n) is 1.86. The van der Waals surface area contributed by atoms with E-state index in [4.69, 9.17) is 4.74 Å². The highest BCUT2D eigenvalue weighted by molar-refractivity contribution is 5.26. The molecule has 0 aliphatic heterocycles. The average Bonchev–Trinajstić information content (AvgIpc) is 2.35. The Morgan fingerprint density at radius 2 is 1.89 bits per heavy atom. The minimum Gasteiger partial charge on any atom is -0.497 e. The molecule has 1 rings (SSSR count). The molecule has 1 N–H and O–H groups in total. The summed E-state index contributed by atoms with van der Waals surface area (Å²) < 4.78 is 5.15. The van der Waals surface area contributed by atoms with E-state index in [-0.39, 0.29) is 0 Å². The second-order valence-corrected chi connectivity index (χ2v) is 5.05. The van der Waals surface area contributed by atoms with Gasteiger partial charge in [0, 0.05) is 12.6 Å². The van der Waals surface area contributed by atoms with Crippen molar-refractivity contribution in [2.24, 2.45) is 0 Å². The lowest BCUT2D eigenvalue weighted by atomic mass is 10.2. The lowest BCUT2D eigenvalue weighted by Crippen LogP contribution is -2.27. The molecule has 0 unspecified atom stereocenters. The van der Waals surface area contributed by atoms with Crippen molar-refractivity contribution in [3.8, 4) is 5.75 Å². The molecule has 0 spiro atoms. The highest BCUT2D eigenvalue weighted by Crippen LogP contribution is 2.12. The van der Waals surface area contributed by atoms with E-state index in [1.807, 2.05) is 12.1 Å². The molecular formula is C15H26N2O. The Bertz CT molecular complexity index is 322. The van der Waals surface area contributed by atoms with E-state index < -0.39 is 0 Å². The third-order valence-electron chi connectivity index (χ3n) is 2.88. The summed E-state index contributed by atoms with van der Waals surface area (Å²) in [5.41, 5.74) is 1.33. The van der Waals surface area contributed by atoms with Gasteiger partial charge in [-0.3, -0.25) is 0 Å². The van der Waals surface area contributed by atoms with Gasteiger partial charge in [-0.15, -0.1) is 0 Å². The Morgan fingerprint density at radius 3 is 2.44 bits per heavy atom. The van der Waals surface area contributed by atoms with E-state index in [1.54, 1.807) is 7.11 Å². The van der Waals surface area contributed by atoms with Crippen LogP contribution in [0, 0.1) is 0 Å². The van der Waals surface area contributed by atoms with Crippen LogP contribution in [0.2, 0.25) is 0 Å². The molecule has 0 fully saturated rings. The van der Waals surface area contributed by atoms with Crippen LogP contribution in [0.25, 0.3) is 0 Å². The first-order chi connectivity index (χ1) is 8.61. The van der Waals surface area contributed by atoms with E-state index in [1.165, 1.54) is 12.0 Å². The minimum absolute atomic E-state index is 0.580. The van der Waals surface area contributed by atoms with Gasteiger partial charge in [0.2, 0.25) is 0 Å². The number of nitrogens with zero attached hydrogens (tertiary/aromatic N) is 1. The summed E-state index contributed by atoms with van der Waals surface area (Å²) in [5, 5.41) is 3.44. The average molecular weight is 250 g/mol. The summed E-state index contributed by atoms with van der Waals surface area (Å²) in [6, 6.07) is 8.87. The molecule has 0 aliphatic carbocycles. The fraction of sp³-hybridized carbons (Fsp3) is 0.600. The molecule has 3 nitrogen and oxygen atoms in total. The van der Waals surface area contributed by atoms with E-state index in [2.05, 4.69) is 43.2 Å². The van der Waals surface area contributed by atoms with Gasteiger partial charge < -0.3 is 15.0 Å². The van der Waals surface area contributed by atoms with Gasteiger partial charge in [-0.05, 0) is 44.3 Å². The van der Waals surface area contributed by atoms with Gasteiger partial charge in [-0.1, -0.05) is 26.0 Å². The molecule has 102 valence electrons. The van der Waals surface area contributed by atoms with Gasteiger partial charge in [-0.25, -0.2) is 0 Å². The first-order valence-corrected chi connectivity index (χ1v) is 6.66. The highest BCUT2D eigenvalue weighted by Gasteiger charge is 2.01. The predicted octanol–water partition coefficient (Wildman–Crippen LogP) is 2.52. The monoisotopic (exact) mass is 250 g/mol. The zero-order valence-electron chi connectivity index (χ0n) is 12.1. The van der Waals surface area contributed by atoms with Gasteiger partial charge >= 0.3 is 0 Å². The quantitative estimate of drug-likeness (QED) is 0.718. The van der Waals surface area contributed by atoms with Crippen LogP contribution >= 0.6 is 0 Å². The zero-order valence-corrected chi connectivity index (χ0v) is 12.1. The number of benzene rings is 1. The number of nitrogens with one attached hydrogen (secondary N) is 1. The third-order valence-corrected chi connectivity index (χ3v) is 2.88. The summed E-state index contributed by atoms with van der Waals surface area (Å²) in [7, 11) is 3.86. The summed E-state index contributed by atoms with van der Waals surface area (Å²) in [5.74, 6) is 0.919. The fourth-order valence-corrected chi connectivity index (χ4v) is 1.86. The Hall–Kier alpha value is -1.06. The van der Waals surface area contributed by atoms with Gasteiger partial charge in [0.25, 0.3) is 0 Å². The van der Waals surface area contributed by atoms with Gasteiger partial charge in [-0.2, -0.15) is 0 Å². The maximum absolute atomic E-state index is 5.15. The summed E-state index contributed by atoms with van der Waals surface area (Å²) in [6.07, 6.45) is 1.19. The van der Waals surface area contributed by atoms with Gasteiger partial charge in [0.15, 0.2) is 0 Å². The maximum atomic E-state index is 5.15. The van der Waals surface area contributed by atoms with Crippen LogP contribution in [-0.4, -0.2) is 38.2 Å². The summed E-state index contributed by atoms with van der Waals surface area (Å²) >= 11 is 0. The molecule has 0 radical (unpaired) electrons. The van der Waals surface area contributed by atoms with Crippen LogP contribution in [0.4, 0.5) is 0 Å². The zero-order chi connectivity index (χ0) is 13.4. The van der Waals surface area contributed by atoms with E-state index in [0.717, 1.165) is 25.4 Å². The number of ether oxygens (including phenoxy) is 1. The lowest BCUT2D eigenvalue weighted by molar-refractivity contribution is 0.317. The molecule has 0 aliphatic rings. The largest absolute Gasteiger partial charge is 0.497 e. The topological polar surface area (TPSA) is 24.5 Å². The van der Waals surface area contributed by atoms with Crippen molar-refractivity contribution in [1.82, 2.24) is 10.2 Å². The number of methoxy groups -OCH3 is 1. The van der Waals surface area contributed by atoms with Gasteiger partial charge in [0.1, 0.15) is 5.75 Å². The summed E-state index contributed by atoms with van der Waals surface area (Å²) in [6.45, 7) is 7.56.